The lowest BCUT2D eigenvalue weighted by molar-refractivity contribution is 0.280. The molecule has 0 fully saturated rings. The summed E-state index contributed by atoms with van der Waals surface area (Å²) in [6, 6.07) is 10.9. The number of aliphatic hydroxyl groups is 1. The zero-order chi connectivity index (χ0) is 12.1. The van der Waals surface area contributed by atoms with E-state index >= 15 is 0 Å². The largest absolute Gasteiger partial charge is 0.396 e. The van der Waals surface area contributed by atoms with Crippen molar-refractivity contribution in [3.8, 4) is 6.07 Å². The highest BCUT2D eigenvalue weighted by Gasteiger charge is 2.37. The second kappa shape index (κ2) is 5.33. The third-order valence-corrected chi connectivity index (χ3v) is 3.83. The minimum Gasteiger partial charge on any atom is -0.396 e. The van der Waals surface area contributed by atoms with Crippen molar-refractivity contribution in [2.24, 2.45) is 0 Å². The van der Waals surface area contributed by atoms with Crippen LogP contribution in [0.25, 0.3) is 0 Å². The highest BCUT2D eigenvalue weighted by atomic mass is 16.2. The Balaban J connectivity index is 2.09. The SMILES string of the molecule is N#CC1(CCCCCO)CCc2ccccc21. The molecule has 1 aliphatic carbocycles. The van der Waals surface area contributed by atoms with Gasteiger partial charge in [0.05, 0.1) is 11.5 Å². The normalized spacial score (nSPS) is 22.1. The summed E-state index contributed by atoms with van der Waals surface area (Å²) in [4.78, 5) is 0. The first-order valence-electron chi connectivity index (χ1n) is 6.43. The molecule has 0 heterocycles. The monoisotopic (exact) mass is 229 g/mol. The van der Waals surface area contributed by atoms with Gasteiger partial charge in [0.25, 0.3) is 0 Å². The summed E-state index contributed by atoms with van der Waals surface area (Å²) < 4.78 is 0. The maximum atomic E-state index is 9.52. The number of hydrogen-bond acceptors (Lipinski definition) is 2. The van der Waals surface area contributed by atoms with Gasteiger partial charge in [-0.1, -0.05) is 37.1 Å². The van der Waals surface area contributed by atoms with E-state index in [4.69, 9.17) is 5.11 Å². The zero-order valence-corrected chi connectivity index (χ0v) is 10.2. The Morgan fingerprint density at radius 1 is 1.24 bits per heavy atom. The van der Waals surface area contributed by atoms with Crippen LogP contribution in [0, 0.1) is 11.3 Å². The number of hydrogen-bond donors (Lipinski definition) is 1. The topological polar surface area (TPSA) is 44.0 Å². The molecule has 1 aliphatic rings. The van der Waals surface area contributed by atoms with Crippen molar-refractivity contribution < 1.29 is 5.11 Å². The van der Waals surface area contributed by atoms with Crippen molar-refractivity contribution in [1.29, 1.82) is 5.26 Å². The van der Waals surface area contributed by atoms with Gasteiger partial charge in [-0.15, -0.1) is 0 Å². The van der Waals surface area contributed by atoms with Crippen molar-refractivity contribution in [2.75, 3.05) is 6.61 Å². The van der Waals surface area contributed by atoms with Crippen LogP contribution in [0.3, 0.4) is 0 Å². The van der Waals surface area contributed by atoms with Crippen LogP contribution < -0.4 is 0 Å². The Morgan fingerprint density at radius 3 is 2.82 bits per heavy atom. The van der Waals surface area contributed by atoms with E-state index < -0.39 is 0 Å². The molecule has 0 saturated heterocycles. The van der Waals surface area contributed by atoms with Gasteiger partial charge < -0.3 is 5.11 Å². The summed E-state index contributed by atoms with van der Waals surface area (Å²) in [5.41, 5.74) is 2.33. The van der Waals surface area contributed by atoms with Crippen molar-refractivity contribution in [3.05, 3.63) is 35.4 Å². The lowest BCUT2D eigenvalue weighted by atomic mass is 9.79. The predicted molar refractivity (Wildman–Crippen MR) is 67.6 cm³/mol. The third kappa shape index (κ3) is 2.35. The van der Waals surface area contributed by atoms with Crippen molar-refractivity contribution in [3.63, 3.8) is 0 Å². The number of aliphatic hydroxyl groups excluding tert-OH is 1. The maximum Gasteiger partial charge on any atom is 0.0828 e. The molecule has 90 valence electrons. The lowest BCUT2D eigenvalue weighted by Crippen LogP contribution is -2.20. The maximum absolute atomic E-state index is 9.52. The molecule has 1 aromatic carbocycles. The van der Waals surface area contributed by atoms with E-state index in [1.165, 1.54) is 11.1 Å². The fourth-order valence-electron chi connectivity index (χ4n) is 2.83. The first kappa shape index (κ1) is 12.1. The fourth-order valence-corrected chi connectivity index (χ4v) is 2.83. The molecule has 2 heteroatoms. The smallest absolute Gasteiger partial charge is 0.0828 e. The van der Waals surface area contributed by atoms with Gasteiger partial charge in [0.2, 0.25) is 0 Å². The van der Waals surface area contributed by atoms with Gasteiger partial charge in [0.15, 0.2) is 0 Å². The van der Waals surface area contributed by atoms with Crippen LogP contribution in [0.15, 0.2) is 24.3 Å². The fraction of sp³-hybridized carbons (Fsp3) is 0.533. The van der Waals surface area contributed by atoms with E-state index in [1.54, 1.807) is 0 Å². The average molecular weight is 229 g/mol. The van der Waals surface area contributed by atoms with Gasteiger partial charge >= 0.3 is 0 Å². The van der Waals surface area contributed by atoms with E-state index in [1.807, 2.05) is 6.07 Å². The average Bonchev–Trinajstić information content (AvgIpc) is 2.75. The molecule has 0 spiro atoms. The standard InChI is InChI=1S/C15H19NO/c16-12-15(9-4-1-5-11-17)10-8-13-6-2-3-7-14(13)15/h2-3,6-7,17H,1,4-5,8-11H2. The Bertz CT molecular complexity index is 421. The van der Waals surface area contributed by atoms with Gasteiger partial charge in [-0.05, 0) is 36.8 Å². The first-order chi connectivity index (χ1) is 8.32. The lowest BCUT2D eigenvalue weighted by Gasteiger charge is -2.22. The predicted octanol–water partition coefficient (Wildman–Crippen LogP) is 2.95. The van der Waals surface area contributed by atoms with Crippen molar-refractivity contribution in [2.45, 2.75) is 43.9 Å². The second-order valence-electron chi connectivity index (χ2n) is 4.89. The summed E-state index contributed by atoms with van der Waals surface area (Å²) >= 11 is 0. The summed E-state index contributed by atoms with van der Waals surface area (Å²) in [5.74, 6) is 0. The molecule has 1 N–H and O–H groups in total. The Labute approximate surface area is 103 Å². The van der Waals surface area contributed by atoms with Crippen molar-refractivity contribution >= 4 is 0 Å². The molecule has 2 rings (SSSR count). The first-order valence-corrected chi connectivity index (χ1v) is 6.43. The molecule has 2 nitrogen and oxygen atoms in total. The van der Waals surface area contributed by atoms with Crippen LogP contribution in [0.5, 0.6) is 0 Å². The molecule has 17 heavy (non-hydrogen) atoms. The molecule has 1 atom stereocenters. The number of fused-ring (bicyclic) bond motifs is 1. The summed E-state index contributed by atoms with van der Waals surface area (Å²) in [6.45, 7) is 0.260. The zero-order valence-electron chi connectivity index (χ0n) is 10.2. The molecule has 0 radical (unpaired) electrons. The van der Waals surface area contributed by atoms with Gasteiger partial charge in [-0.3, -0.25) is 0 Å². The van der Waals surface area contributed by atoms with Crippen LogP contribution in [-0.2, 0) is 11.8 Å². The summed E-state index contributed by atoms with van der Waals surface area (Å²) in [6.07, 6.45) is 5.82. The highest BCUT2D eigenvalue weighted by Crippen LogP contribution is 2.42. The Kier molecular flexibility index (Phi) is 3.81. The van der Waals surface area contributed by atoms with E-state index in [0.717, 1.165) is 38.5 Å². The number of unbranched alkanes of at least 4 members (excludes halogenated alkanes) is 2. The van der Waals surface area contributed by atoms with E-state index in [9.17, 15) is 5.26 Å². The van der Waals surface area contributed by atoms with Crippen LogP contribution >= 0.6 is 0 Å². The molecule has 1 unspecified atom stereocenters. The summed E-state index contributed by atoms with van der Waals surface area (Å²) in [5, 5.41) is 18.3. The van der Waals surface area contributed by atoms with Gasteiger partial charge in [0.1, 0.15) is 0 Å². The number of rotatable bonds is 5. The van der Waals surface area contributed by atoms with Gasteiger partial charge in [0, 0.05) is 6.61 Å². The van der Waals surface area contributed by atoms with Crippen LogP contribution in [0.2, 0.25) is 0 Å². The van der Waals surface area contributed by atoms with E-state index in [-0.39, 0.29) is 12.0 Å². The quantitative estimate of drug-likeness (QED) is 0.789. The number of nitriles is 1. The number of aryl methyl sites for hydroxylation is 1. The number of benzene rings is 1. The molecule has 0 amide bonds. The van der Waals surface area contributed by atoms with Crippen LogP contribution in [-0.4, -0.2) is 11.7 Å². The third-order valence-electron chi connectivity index (χ3n) is 3.83. The van der Waals surface area contributed by atoms with Gasteiger partial charge in [-0.25, -0.2) is 0 Å². The minimum atomic E-state index is -0.258. The molecular formula is C15H19NO. The number of nitrogens with zero attached hydrogens (tertiary/aromatic N) is 1. The molecule has 0 bridgehead atoms. The molecule has 0 aromatic heterocycles. The van der Waals surface area contributed by atoms with Crippen LogP contribution in [0.4, 0.5) is 0 Å². The summed E-state index contributed by atoms with van der Waals surface area (Å²) in [7, 11) is 0. The Morgan fingerprint density at radius 2 is 2.06 bits per heavy atom. The molecule has 1 aromatic rings. The molecular weight excluding hydrogens is 210 g/mol. The minimum absolute atomic E-state index is 0.258. The van der Waals surface area contributed by atoms with Crippen LogP contribution in [0.1, 0.15) is 43.2 Å². The second-order valence-corrected chi connectivity index (χ2v) is 4.89. The Hall–Kier alpha value is -1.33. The van der Waals surface area contributed by atoms with E-state index in [0.29, 0.717) is 0 Å². The highest BCUT2D eigenvalue weighted by molar-refractivity contribution is 5.43. The van der Waals surface area contributed by atoms with Gasteiger partial charge in [-0.2, -0.15) is 5.26 Å². The van der Waals surface area contributed by atoms with E-state index in [2.05, 4.69) is 24.3 Å². The molecule has 0 saturated carbocycles. The van der Waals surface area contributed by atoms with Crippen molar-refractivity contribution in [1.82, 2.24) is 0 Å². The molecule has 0 aliphatic heterocycles.